The highest BCUT2D eigenvalue weighted by Crippen LogP contribution is 2.45. The number of nitrogens with one attached hydrogen (secondary N) is 2. The fourth-order valence-corrected chi connectivity index (χ4v) is 6.99. The van der Waals surface area contributed by atoms with Crippen LogP contribution in [0.4, 0.5) is 0 Å². The van der Waals surface area contributed by atoms with Gasteiger partial charge in [0, 0.05) is 22.6 Å². The molecular formula is C29H48IN6O10P. The molecule has 0 radical (unpaired) electrons. The molecule has 1 aliphatic heterocycles. The van der Waals surface area contributed by atoms with E-state index >= 15 is 0 Å². The number of nitrogens with zero attached hydrogens (tertiary/aromatic N) is 4. The summed E-state index contributed by atoms with van der Waals surface area (Å²) in [6, 6.07) is -2.26. The van der Waals surface area contributed by atoms with Crippen LogP contribution in [0.5, 0.6) is 5.88 Å². The molecule has 0 saturated carbocycles. The summed E-state index contributed by atoms with van der Waals surface area (Å²) in [5.74, 6) is -0.773. The summed E-state index contributed by atoms with van der Waals surface area (Å²) >= 11 is 1.95. The van der Waals surface area contributed by atoms with Crippen molar-refractivity contribution >= 4 is 53.4 Å². The van der Waals surface area contributed by atoms with Gasteiger partial charge in [0.1, 0.15) is 35.7 Å². The van der Waals surface area contributed by atoms with Crippen LogP contribution in [0.3, 0.4) is 0 Å². The largest absolute Gasteiger partial charge is 0.479 e. The molecule has 6 atom stereocenters. The van der Waals surface area contributed by atoms with Crippen molar-refractivity contribution < 1.29 is 47.8 Å². The smallest absolute Gasteiger partial charge is 0.342 e. The van der Waals surface area contributed by atoms with Gasteiger partial charge in [-0.2, -0.15) is 4.98 Å². The number of fused-ring (bicyclic) bond motifs is 1. The molecule has 0 aliphatic carbocycles. The second-order valence-electron chi connectivity index (χ2n) is 14.3. The average Bonchev–Trinajstić information content (AvgIpc) is 3.38. The van der Waals surface area contributed by atoms with E-state index < -0.39 is 62.3 Å². The Balaban J connectivity index is 1.86. The van der Waals surface area contributed by atoms with Gasteiger partial charge in [-0.1, -0.05) is 41.5 Å². The zero-order valence-corrected chi connectivity index (χ0v) is 31.8. The number of halogens is 1. The van der Waals surface area contributed by atoms with Gasteiger partial charge in [-0.05, 0) is 38.5 Å². The Labute approximate surface area is 288 Å². The van der Waals surface area contributed by atoms with Crippen LogP contribution in [0, 0.1) is 21.6 Å². The van der Waals surface area contributed by atoms with Gasteiger partial charge in [0.05, 0.1) is 26.9 Å². The maximum atomic E-state index is 14.2. The molecule has 2 aromatic heterocycles. The SMILES string of the molecule is COc1nc(C)nc2c1nc(I)n2[C@@H]1O[C@H](COP(=O)(N[C@@H](C)C(=O)OCC(C)(C)C)N[C@@H](C)C(=O)OCC(C)(C)C)[C@@H](O)[C@@]1(C)O. The van der Waals surface area contributed by atoms with Crippen molar-refractivity contribution in [2.75, 3.05) is 26.9 Å². The monoisotopic (exact) mass is 798 g/mol. The average molecular weight is 799 g/mol. The van der Waals surface area contributed by atoms with Crippen LogP contribution in [-0.4, -0.2) is 98.5 Å². The maximum Gasteiger partial charge on any atom is 0.342 e. The third-order valence-corrected chi connectivity index (χ3v) is 9.64. The third kappa shape index (κ3) is 10.0. The number of hydrogen-bond donors (Lipinski definition) is 4. The highest BCUT2D eigenvalue weighted by atomic mass is 127. The summed E-state index contributed by atoms with van der Waals surface area (Å²) in [6.07, 6.45) is -3.97. The van der Waals surface area contributed by atoms with Gasteiger partial charge in [-0.3, -0.25) is 18.7 Å². The Morgan fingerprint density at radius 3 is 2.02 bits per heavy atom. The first-order valence-electron chi connectivity index (χ1n) is 15.1. The molecule has 0 unspecified atom stereocenters. The molecule has 0 amide bonds. The second-order valence-corrected chi connectivity index (χ2v) is 17.1. The zero-order chi connectivity index (χ0) is 35.7. The van der Waals surface area contributed by atoms with Crippen LogP contribution < -0.4 is 14.9 Å². The van der Waals surface area contributed by atoms with Crippen LogP contribution in [0.15, 0.2) is 0 Å². The normalized spacial score (nSPS) is 23.5. The summed E-state index contributed by atoms with van der Waals surface area (Å²) < 4.78 is 44.1. The number of methoxy groups -OCH3 is 1. The number of esters is 2. The third-order valence-electron chi connectivity index (χ3n) is 6.91. The molecule has 266 valence electrons. The molecule has 1 saturated heterocycles. The van der Waals surface area contributed by atoms with Crippen LogP contribution in [0.25, 0.3) is 11.2 Å². The lowest BCUT2D eigenvalue weighted by molar-refractivity contribution is -0.148. The van der Waals surface area contributed by atoms with Crippen LogP contribution in [0.2, 0.25) is 0 Å². The van der Waals surface area contributed by atoms with Crippen LogP contribution in [-0.2, 0) is 32.9 Å². The van der Waals surface area contributed by atoms with Gasteiger partial charge in [-0.25, -0.2) is 20.1 Å². The van der Waals surface area contributed by atoms with E-state index in [0.29, 0.717) is 20.8 Å². The minimum Gasteiger partial charge on any atom is -0.479 e. The fourth-order valence-electron chi connectivity index (χ4n) is 4.46. The van der Waals surface area contributed by atoms with Crippen molar-refractivity contribution in [2.24, 2.45) is 10.8 Å². The standard InChI is InChI=1S/C29H48IN6O10P/c1-15(23(38)43-13-27(4,5)6)34-47(41,35-16(2)24(39)44-14-28(7,8)9)45-12-18-20(37)29(10,40)25(46-18)36-21-19(33-26(36)30)22(42-11)32-17(3)31-21/h15-16,18,20,25,37,40H,12-14H2,1-11H3,(H2,34,35,41)/t15-,16-,18+,20+,25+,29+/m0/s1. The number of imidazole rings is 1. The van der Waals surface area contributed by atoms with E-state index in [9.17, 15) is 24.4 Å². The Kier molecular flexibility index (Phi) is 12.5. The molecule has 4 N–H and O–H groups in total. The van der Waals surface area contributed by atoms with E-state index in [2.05, 4.69) is 25.1 Å². The lowest BCUT2D eigenvalue weighted by Gasteiger charge is -2.29. The van der Waals surface area contributed by atoms with Gasteiger partial charge in [0.15, 0.2) is 21.2 Å². The van der Waals surface area contributed by atoms with E-state index in [1.807, 2.05) is 64.1 Å². The number of carbonyl (C=O) groups is 2. The van der Waals surface area contributed by atoms with Crippen molar-refractivity contribution in [1.82, 2.24) is 29.7 Å². The van der Waals surface area contributed by atoms with Crippen LogP contribution >= 0.6 is 30.3 Å². The number of rotatable bonds is 13. The van der Waals surface area contributed by atoms with E-state index in [-0.39, 0.29) is 29.9 Å². The summed E-state index contributed by atoms with van der Waals surface area (Å²) in [5.41, 5.74) is -1.88. The number of carbonyl (C=O) groups excluding carboxylic acids is 2. The van der Waals surface area contributed by atoms with Crippen molar-refractivity contribution in [3.8, 4) is 5.88 Å². The predicted molar refractivity (Wildman–Crippen MR) is 179 cm³/mol. The molecule has 3 rings (SSSR count). The molecule has 18 heteroatoms. The Hall–Kier alpha value is -1.99. The minimum absolute atomic E-state index is 0.114. The Morgan fingerprint density at radius 1 is 1.04 bits per heavy atom. The first-order valence-corrected chi connectivity index (χ1v) is 17.8. The highest BCUT2D eigenvalue weighted by Gasteiger charge is 2.54. The number of hydrogen-bond acceptors (Lipinski definition) is 13. The summed E-state index contributed by atoms with van der Waals surface area (Å²) in [7, 11) is -2.82. The molecule has 1 aliphatic rings. The first-order chi connectivity index (χ1) is 21.5. The number of aromatic nitrogens is 4. The van der Waals surface area contributed by atoms with Crippen molar-refractivity contribution in [3.63, 3.8) is 0 Å². The minimum atomic E-state index is -4.27. The van der Waals surface area contributed by atoms with E-state index in [4.69, 9.17) is 23.5 Å². The summed E-state index contributed by atoms with van der Waals surface area (Å²) in [6.45, 7) is 17.0. The van der Waals surface area contributed by atoms with Crippen molar-refractivity contribution in [2.45, 2.75) is 105 Å². The molecule has 2 aromatic rings. The second kappa shape index (κ2) is 14.9. The van der Waals surface area contributed by atoms with Crippen molar-refractivity contribution in [3.05, 3.63) is 9.66 Å². The number of aliphatic hydroxyl groups is 2. The van der Waals surface area contributed by atoms with E-state index in [1.54, 1.807) is 6.92 Å². The van der Waals surface area contributed by atoms with Gasteiger partial charge >= 0.3 is 19.6 Å². The summed E-state index contributed by atoms with van der Waals surface area (Å²) in [4.78, 5) is 38.7. The van der Waals surface area contributed by atoms with E-state index in [0.717, 1.165) is 0 Å². The molecule has 1 fully saturated rings. The van der Waals surface area contributed by atoms with Crippen LogP contribution in [0.1, 0.15) is 74.4 Å². The highest BCUT2D eigenvalue weighted by molar-refractivity contribution is 14.1. The predicted octanol–water partition coefficient (Wildman–Crippen LogP) is 3.02. The number of aryl methyl sites for hydroxylation is 1. The molecule has 0 bridgehead atoms. The van der Waals surface area contributed by atoms with Crippen molar-refractivity contribution in [1.29, 1.82) is 0 Å². The fraction of sp³-hybridized carbons (Fsp3) is 0.759. The molecule has 47 heavy (non-hydrogen) atoms. The quantitative estimate of drug-likeness (QED) is 0.0996. The summed E-state index contributed by atoms with van der Waals surface area (Å²) in [5, 5.41) is 27.9. The number of aliphatic hydroxyl groups excluding tert-OH is 1. The molecule has 0 aromatic carbocycles. The Morgan fingerprint density at radius 2 is 1.55 bits per heavy atom. The maximum absolute atomic E-state index is 14.2. The van der Waals surface area contributed by atoms with Gasteiger partial charge < -0.3 is 33.7 Å². The molecule has 0 spiro atoms. The topological polar surface area (TPSA) is 205 Å². The van der Waals surface area contributed by atoms with Gasteiger partial charge in [0.25, 0.3) is 0 Å². The van der Waals surface area contributed by atoms with Gasteiger partial charge in [-0.15, -0.1) is 0 Å². The molecule has 3 heterocycles. The van der Waals surface area contributed by atoms with Gasteiger partial charge in [0.2, 0.25) is 5.88 Å². The Bertz CT molecular complexity index is 1450. The lowest BCUT2D eigenvalue weighted by atomic mass is 9.96. The number of ether oxygens (including phenoxy) is 4. The molecular weight excluding hydrogens is 750 g/mol. The van der Waals surface area contributed by atoms with E-state index in [1.165, 1.54) is 32.4 Å². The lowest BCUT2D eigenvalue weighted by Crippen LogP contribution is -2.46. The zero-order valence-electron chi connectivity index (χ0n) is 28.8. The first kappa shape index (κ1) is 39.4. The molecule has 16 nitrogen and oxygen atoms in total.